The fraction of sp³-hybridized carbons (Fsp3) is 0.500. The second kappa shape index (κ2) is 11.0. The lowest BCUT2D eigenvalue weighted by atomic mass is 9.73. The molecular formula is C30H37ClN4O3. The van der Waals surface area contributed by atoms with E-state index in [1.54, 1.807) is 15.9 Å². The van der Waals surface area contributed by atoms with Crippen LogP contribution in [0.4, 0.5) is 10.5 Å². The van der Waals surface area contributed by atoms with Crippen molar-refractivity contribution in [1.29, 1.82) is 5.26 Å². The summed E-state index contributed by atoms with van der Waals surface area (Å²) in [6, 6.07) is 8.50. The van der Waals surface area contributed by atoms with Gasteiger partial charge in [0.1, 0.15) is 11.7 Å². The molecule has 7 nitrogen and oxygen atoms in total. The summed E-state index contributed by atoms with van der Waals surface area (Å²) in [5, 5.41) is 13.4. The zero-order valence-corrected chi connectivity index (χ0v) is 23.5. The smallest absolute Gasteiger partial charge is 0.410 e. The number of nitrogens with one attached hydrogen (secondary N) is 1. The molecule has 2 saturated heterocycles. The van der Waals surface area contributed by atoms with Gasteiger partial charge in [-0.1, -0.05) is 36.4 Å². The third kappa shape index (κ3) is 5.25. The maximum Gasteiger partial charge on any atom is 0.410 e. The molecule has 0 atom stereocenters. The van der Waals surface area contributed by atoms with Crippen LogP contribution in [-0.2, 0) is 14.9 Å². The standard InChI is InChI=1S/C30H37ClN4O3/c1-6-7-25(23(19-32)20(2)31)35-26-18-22(8-9-24(26)30(27(35)36)12-14-33-15-13-30)21-10-16-34(17-11-21)28(37)38-29(3,4)5/h6-9,18,21,33H,2,10-17H2,1,3-5H3/b7-6-,25-23+. The van der Waals surface area contributed by atoms with Crippen LogP contribution in [0, 0.1) is 11.3 Å². The lowest BCUT2D eigenvalue weighted by Crippen LogP contribution is -2.47. The summed E-state index contributed by atoms with van der Waals surface area (Å²) in [5.74, 6) is 0.220. The van der Waals surface area contributed by atoms with E-state index in [2.05, 4.69) is 36.2 Å². The van der Waals surface area contributed by atoms with Crippen molar-refractivity contribution in [3.05, 3.63) is 64.4 Å². The number of amides is 2. The topological polar surface area (TPSA) is 85.7 Å². The first-order valence-electron chi connectivity index (χ1n) is 13.3. The highest BCUT2D eigenvalue weighted by molar-refractivity contribution is 6.32. The van der Waals surface area contributed by atoms with Gasteiger partial charge in [-0.05, 0) is 95.7 Å². The molecule has 38 heavy (non-hydrogen) atoms. The molecule has 3 heterocycles. The number of carbonyl (C=O) groups excluding carboxylic acids is 2. The summed E-state index contributed by atoms with van der Waals surface area (Å²) >= 11 is 6.24. The summed E-state index contributed by atoms with van der Waals surface area (Å²) in [5.41, 5.74) is 2.41. The van der Waals surface area contributed by atoms with E-state index >= 15 is 0 Å². The third-order valence-corrected chi connectivity index (χ3v) is 7.86. The monoisotopic (exact) mass is 536 g/mol. The first-order chi connectivity index (χ1) is 18.0. The van der Waals surface area contributed by atoms with Crippen LogP contribution in [0.15, 0.2) is 53.2 Å². The maximum absolute atomic E-state index is 14.2. The van der Waals surface area contributed by atoms with E-state index in [0.29, 0.717) is 31.6 Å². The Balaban J connectivity index is 1.71. The Morgan fingerprint density at radius 1 is 1.26 bits per heavy atom. The molecule has 3 aliphatic rings. The van der Waals surface area contributed by atoms with E-state index < -0.39 is 11.0 Å². The van der Waals surface area contributed by atoms with Crippen molar-refractivity contribution < 1.29 is 14.3 Å². The van der Waals surface area contributed by atoms with Gasteiger partial charge in [-0.2, -0.15) is 5.26 Å². The lowest BCUT2D eigenvalue weighted by Gasteiger charge is -2.34. The molecule has 8 heteroatoms. The highest BCUT2D eigenvalue weighted by Gasteiger charge is 2.52. The van der Waals surface area contributed by atoms with Crippen molar-refractivity contribution in [2.24, 2.45) is 0 Å². The van der Waals surface area contributed by atoms with Crippen molar-refractivity contribution in [2.75, 3.05) is 31.1 Å². The van der Waals surface area contributed by atoms with Gasteiger partial charge in [-0.25, -0.2) is 4.79 Å². The molecule has 1 N–H and O–H groups in total. The van der Waals surface area contributed by atoms with E-state index in [1.807, 2.05) is 33.8 Å². The summed E-state index contributed by atoms with van der Waals surface area (Å²) in [6.45, 7) is 14.0. The average Bonchev–Trinajstić information content (AvgIpc) is 3.10. The number of allylic oxidation sites excluding steroid dienone is 4. The van der Waals surface area contributed by atoms with Crippen LogP contribution in [0.25, 0.3) is 0 Å². The van der Waals surface area contributed by atoms with Crippen LogP contribution in [0.1, 0.15) is 70.4 Å². The Labute approximate surface area is 230 Å². The molecule has 0 bridgehead atoms. The van der Waals surface area contributed by atoms with E-state index in [4.69, 9.17) is 16.3 Å². The van der Waals surface area contributed by atoms with E-state index in [0.717, 1.165) is 42.7 Å². The Morgan fingerprint density at radius 3 is 2.47 bits per heavy atom. The van der Waals surface area contributed by atoms with Crippen LogP contribution < -0.4 is 10.2 Å². The minimum Gasteiger partial charge on any atom is -0.444 e. The number of hydrogen-bond acceptors (Lipinski definition) is 5. The van der Waals surface area contributed by atoms with Gasteiger partial charge < -0.3 is 15.0 Å². The predicted molar refractivity (Wildman–Crippen MR) is 150 cm³/mol. The number of piperidine rings is 2. The molecule has 0 saturated carbocycles. The van der Waals surface area contributed by atoms with Gasteiger partial charge in [-0.3, -0.25) is 9.69 Å². The fourth-order valence-electron chi connectivity index (χ4n) is 5.81. The second-order valence-corrected chi connectivity index (χ2v) is 11.7. The maximum atomic E-state index is 14.2. The Hall–Kier alpha value is -3.08. The highest BCUT2D eigenvalue weighted by Crippen LogP contribution is 2.50. The largest absolute Gasteiger partial charge is 0.444 e. The molecule has 0 radical (unpaired) electrons. The van der Waals surface area contributed by atoms with Crippen LogP contribution in [-0.4, -0.2) is 48.7 Å². The van der Waals surface area contributed by atoms with Crippen LogP contribution >= 0.6 is 11.6 Å². The molecule has 1 spiro atoms. The number of fused-ring (bicyclic) bond motifs is 2. The number of carbonyl (C=O) groups is 2. The van der Waals surface area contributed by atoms with Crippen LogP contribution in [0.3, 0.4) is 0 Å². The summed E-state index contributed by atoms with van der Waals surface area (Å²) < 4.78 is 5.55. The molecule has 1 aromatic carbocycles. The van der Waals surface area contributed by atoms with E-state index in [1.165, 1.54) is 0 Å². The summed E-state index contributed by atoms with van der Waals surface area (Å²) in [6.07, 6.45) is 6.29. The normalized spacial score (nSPS) is 20.4. The van der Waals surface area contributed by atoms with Crippen molar-refractivity contribution in [3.63, 3.8) is 0 Å². The molecular weight excluding hydrogens is 500 g/mol. The molecule has 0 aliphatic carbocycles. The van der Waals surface area contributed by atoms with Crippen molar-refractivity contribution in [3.8, 4) is 6.07 Å². The molecule has 0 aromatic heterocycles. The number of anilines is 1. The lowest BCUT2D eigenvalue weighted by molar-refractivity contribution is -0.123. The quantitative estimate of drug-likeness (QED) is 0.384. The van der Waals surface area contributed by atoms with Crippen molar-refractivity contribution >= 4 is 29.3 Å². The predicted octanol–water partition coefficient (Wildman–Crippen LogP) is 5.88. The van der Waals surface area contributed by atoms with Gasteiger partial charge in [0.05, 0.1) is 27.4 Å². The number of ether oxygens (including phenoxy) is 1. The fourth-order valence-corrected chi connectivity index (χ4v) is 5.95. The Kier molecular flexibility index (Phi) is 8.06. The zero-order valence-electron chi connectivity index (χ0n) is 22.8. The molecule has 1 aromatic rings. The number of benzene rings is 1. The second-order valence-electron chi connectivity index (χ2n) is 11.3. The molecule has 2 fully saturated rings. The molecule has 0 unspecified atom stereocenters. The first-order valence-corrected chi connectivity index (χ1v) is 13.7. The van der Waals surface area contributed by atoms with E-state index in [-0.39, 0.29) is 28.5 Å². The number of nitriles is 1. The van der Waals surface area contributed by atoms with Crippen molar-refractivity contribution in [2.45, 2.75) is 70.3 Å². The van der Waals surface area contributed by atoms with Gasteiger partial charge in [0.2, 0.25) is 5.91 Å². The molecule has 202 valence electrons. The van der Waals surface area contributed by atoms with Gasteiger partial charge in [0.25, 0.3) is 0 Å². The first kappa shape index (κ1) is 27.9. The molecule has 3 aliphatic heterocycles. The Bertz CT molecular complexity index is 1220. The number of hydrogen-bond donors (Lipinski definition) is 1. The van der Waals surface area contributed by atoms with E-state index in [9.17, 15) is 14.9 Å². The van der Waals surface area contributed by atoms with Crippen molar-refractivity contribution in [1.82, 2.24) is 10.2 Å². The zero-order chi connectivity index (χ0) is 27.7. The van der Waals surface area contributed by atoms with Gasteiger partial charge >= 0.3 is 6.09 Å². The van der Waals surface area contributed by atoms with Gasteiger partial charge in [-0.15, -0.1) is 0 Å². The van der Waals surface area contributed by atoms with Crippen LogP contribution in [0.2, 0.25) is 0 Å². The number of rotatable bonds is 4. The number of nitrogens with zero attached hydrogens (tertiary/aromatic N) is 3. The highest BCUT2D eigenvalue weighted by atomic mass is 35.5. The summed E-state index contributed by atoms with van der Waals surface area (Å²) in [7, 11) is 0. The number of halogens is 1. The third-order valence-electron chi connectivity index (χ3n) is 7.67. The molecule has 4 rings (SSSR count). The van der Waals surface area contributed by atoms with Gasteiger partial charge in [0.15, 0.2) is 0 Å². The van der Waals surface area contributed by atoms with Crippen LogP contribution in [0.5, 0.6) is 0 Å². The van der Waals surface area contributed by atoms with Gasteiger partial charge in [0, 0.05) is 13.1 Å². The summed E-state index contributed by atoms with van der Waals surface area (Å²) in [4.78, 5) is 30.2. The Morgan fingerprint density at radius 2 is 1.92 bits per heavy atom. The number of likely N-dealkylation sites (tertiary alicyclic amines) is 1. The minimum absolute atomic E-state index is 0.0235. The SMILES string of the molecule is C=C(Cl)/C(C#N)=C(\C=C/C)N1C(=O)C2(CCNCC2)c2ccc(C3CCN(C(=O)OC(C)(C)C)CC3)cc21. The average molecular weight is 537 g/mol. The molecule has 2 amide bonds. The minimum atomic E-state index is -0.639.